The summed E-state index contributed by atoms with van der Waals surface area (Å²) in [5.74, 6) is 1.45. The summed E-state index contributed by atoms with van der Waals surface area (Å²) in [6.07, 6.45) is 0.951. The number of rotatable bonds is 8. The molecule has 0 aliphatic carbocycles. The van der Waals surface area contributed by atoms with E-state index in [1.54, 1.807) is 18.2 Å². The Morgan fingerprint density at radius 1 is 1.19 bits per heavy atom. The van der Waals surface area contributed by atoms with Crippen molar-refractivity contribution in [3.05, 3.63) is 63.6 Å². The summed E-state index contributed by atoms with van der Waals surface area (Å²) < 4.78 is 4.71. The molecule has 0 saturated heterocycles. The second-order valence-electron chi connectivity index (χ2n) is 5.56. The molecule has 0 amide bonds. The van der Waals surface area contributed by atoms with Gasteiger partial charge in [0.25, 0.3) is 0 Å². The van der Waals surface area contributed by atoms with Gasteiger partial charge in [-0.2, -0.15) is 11.8 Å². The minimum absolute atomic E-state index is 0.406. The average Bonchev–Trinajstić information content (AvgIpc) is 2.67. The summed E-state index contributed by atoms with van der Waals surface area (Å²) in [4.78, 5) is 11.6. The molecular formula is C19H20Cl2N2O2S2. The molecule has 0 aromatic heterocycles. The van der Waals surface area contributed by atoms with Gasteiger partial charge < -0.3 is 15.4 Å². The van der Waals surface area contributed by atoms with Gasteiger partial charge in [0, 0.05) is 17.3 Å². The first-order valence-corrected chi connectivity index (χ1v) is 10.6. The Morgan fingerprint density at radius 2 is 1.96 bits per heavy atom. The van der Waals surface area contributed by atoms with Crippen molar-refractivity contribution in [2.24, 2.45) is 0 Å². The predicted octanol–water partition coefficient (Wildman–Crippen LogP) is 5.39. The molecule has 0 saturated carbocycles. The third kappa shape index (κ3) is 7.22. The average molecular weight is 443 g/mol. The number of carbonyl (C=O) groups is 1. The number of hydrogen-bond acceptors (Lipinski definition) is 4. The van der Waals surface area contributed by atoms with E-state index in [9.17, 15) is 4.79 Å². The molecule has 27 heavy (non-hydrogen) atoms. The molecule has 144 valence electrons. The zero-order valence-electron chi connectivity index (χ0n) is 14.8. The lowest BCUT2D eigenvalue weighted by Crippen LogP contribution is -2.29. The fourth-order valence-electron chi connectivity index (χ4n) is 2.21. The maximum absolute atomic E-state index is 11.6. The van der Waals surface area contributed by atoms with Crippen LogP contribution < -0.4 is 10.6 Å². The predicted molar refractivity (Wildman–Crippen MR) is 119 cm³/mol. The molecule has 0 fully saturated rings. The first-order chi connectivity index (χ1) is 13.0. The summed E-state index contributed by atoms with van der Waals surface area (Å²) in [6, 6.07) is 12.7. The number of methoxy groups -OCH3 is 1. The molecular weight excluding hydrogens is 423 g/mol. The third-order valence-electron chi connectivity index (χ3n) is 3.60. The van der Waals surface area contributed by atoms with E-state index in [1.807, 2.05) is 36.0 Å². The number of anilines is 1. The number of benzene rings is 2. The van der Waals surface area contributed by atoms with Gasteiger partial charge in [-0.25, -0.2) is 4.79 Å². The van der Waals surface area contributed by atoms with Crippen LogP contribution in [-0.2, 0) is 10.5 Å². The molecule has 2 aromatic rings. The van der Waals surface area contributed by atoms with Crippen LogP contribution in [0.4, 0.5) is 5.69 Å². The number of carbonyl (C=O) groups excluding carboxylic acids is 1. The lowest BCUT2D eigenvalue weighted by molar-refractivity contribution is 0.0601. The maximum atomic E-state index is 11.6. The number of halogens is 2. The molecule has 0 aliphatic heterocycles. The lowest BCUT2D eigenvalue weighted by atomic mass is 10.2. The van der Waals surface area contributed by atoms with Crippen LogP contribution in [-0.4, -0.2) is 30.5 Å². The van der Waals surface area contributed by atoms with Crippen LogP contribution in [0.5, 0.6) is 0 Å². The Bertz CT molecular complexity index is 803. The first kappa shape index (κ1) is 21.8. The van der Waals surface area contributed by atoms with E-state index in [4.69, 9.17) is 40.2 Å². The molecule has 0 spiro atoms. The van der Waals surface area contributed by atoms with Gasteiger partial charge in [-0.1, -0.05) is 41.4 Å². The number of ether oxygens (including phenoxy) is 1. The van der Waals surface area contributed by atoms with Gasteiger partial charge in [0.15, 0.2) is 5.11 Å². The fourth-order valence-corrected chi connectivity index (χ4v) is 3.83. The molecule has 2 rings (SSSR count). The Kier molecular flexibility index (Phi) is 9.21. The zero-order chi connectivity index (χ0) is 19.6. The van der Waals surface area contributed by atoms with Crippen LogP contribution in [0.1, 0.15) is 22.3 Å². The Morgan fingerprint density at radius 3 is 2.70 bits per heavy atom. The van der Waals surface area contributed by atoms with E-state index in [2.05, 4.69) is 10.6 Å². The minimum atomic E-state index is -0.427. The van der Waals surface area contributed by atoms with E-state index >= 15 is 0 Å². The maximum Gasteiger partial charge on any atom is 0.337 e. The van der Waals surface area contributed by atoms with Gasteiger partial charge in [-0.3, -0.25) is 0 Å². The van der Waals surface area contributed by atoms with E-state index in [1.165, 1.54) is 7.11 Å². The first-order valence-electron chi connectivity index (χ1n) is 8.25. The van der Waals surface area contributed by atoms with Gasteiger partial charge in [0.1, 0.15) is 0 Å². The molecule has 2 N–H and O–H groups in total. The summed E-state index contributed by atoms with van der Waals surface area (Å²) >= 11 is 19.4. The van der Waals surface area contributed by atoms with Crippen molar-refractivity contribution in [2.75, 3.05) is 24.7 Å². The Labute approximate surface area is 179 Å². The Balaban J connectivity index is 1.70. The molecule has 0 unspecified atom stereocenters. The van der Waals surface area contributed by atoms with Gasteiger partial charge in [0.2, 0.25) is 0 Å². The highest BCUT2D eigenvalue weighted by atomic mass is 35.5. The standard InChI is InChI=1S/C19H20Cl2N2O2S2/c1-25-18(24)13-7-8-16(21)17(11-13)23-19(26)22-9-4-10-27-12-14-5-2-3-6-15(14)20/h2-3,5-8,11H,4,9-10,12H2,1H3,(H2,22,23,26). The third-order valence-corrected chi connectivity index (χ3v) is 5.64. The summed E-state index contributed by atoms with van der Waals surface area (Å²) in [6.45, 7) is 0.732. The molecule has 0 aliphatic rings. The van der Waals surface area contributed by atoms with Crippen LogP contribution in [0.25, 0.3) is 0 Å². The Hall–Kier alpha value is -1.47. The zero-order valence-corrected chi connectivity index (χ0v) is 17.9. The van der Waals surface area contributed by atoms with E-state index in [0.717, 1.165) is 35.1 Å². The molecule has 0 atom stereocenters. The fraction of sp³-hybridized carbons (Fsp3) is 0.263. The highest BCUT2D eigenvalue weighted by Gasteiger charge is 2.10. The molecule has 4 nitrogen and oxygen atoms in total. The van der Waals surface area contributed by atoms with Crippen molar-refractivity contribution >= 4 is 64.0 Å². The second kappa shape index (κ2) is 11.4. The van der Waals surface area contributed by atoms with Crippen molar-refractivity contribution in [1.29, 1.82) is 0 Å². The van der Waals surface area contributed by atoms with E-state index in [-0.39, 0.29) is 0 Å². The van der Waals surface area contributed by atoms with Crippen molar-refractivity contribution in [2.45, 2.75) is 12.2 Å². The molecule has 0 bridgehead atoms. The van der Waals surface area contributed by atoms with Gasteiger partial charge >= 0.3 is 5.97 Å². The van der Waals surface area contributed by atoms with Crippen LogP contribution in [0.15, 0.2) is 42.5 Å². The smallest absolute Gasteiger partial charge is 0.337 e. The second-order valence-corrected chi connectivity index (χ2v) is 7.89. The van der Waals surface area contributed by atoms with Crippen LogP contribution in [0.2, 0.25) is 10.0 Å². The number of esters is 1. The van der Waals surface area contributed by atoms with Crippen LogP contribution in [0, 0.1) is 0 Å². The van der Waals surface area contributed by atoms with Gasteiger partial charge in [0.05, 0.1) is 23.4 Å². The quantitative estimate of drug-likeness (QED) is 0.324. The highest BCUT2D eigenvalue weighted by Crippen LogP contribution is 2.23. The number of thioether (sulfide) groups is 1. The van der Waals surface area contributed by atoms with Crippen molar-refractivity contribution in [3.63, 3.8) is 0 Å². The van der Waals surface area contributed by atoms with Crippen molar-refractivity contribution in [3.8, 4) is 0 Å². The van der Waals surface area contributed by atoms with Crippen LogP contribution >= 0.6 is 47.2 Å². The van der Waals surface area contributed by atoms with E-state index < -0.39 is 5.97 Å². The lowest BCUT2D eigenvalue weighted by Gasteiger charge is -2.12. The van der Waals surface area contributed by atoms with Crippen molar-refractivity contribution < 1.29 is 9.53 Å². The molecule has 0 radical (unpaired) electrons. The number of hydrogen-bond donors (Lipinski definition) is 2. The van der Waals surface area contributed by atoms with Gasteiger partial charge in [-0.15, -0.1) is 0 Å². The van der Waals surface area contributed by atoms with Gasteiger partial charge in [-0.05, 0) is 54.2 Å². The number of nitrogens with one attached hydrogen (secondary N) is 2. The number of thiocarbonyl (C=S) groups is 1. The minimum Gasteiger partial charge on any atom is -0.465 e. The molecule has 0 heterocycles. The molecule has 2 aromatic carbocycles. The topological polar surface area (TPSA) is 50.4 Å². The monoisotopic (exact) mass is 442 g/mol. The largest absolute Gasteiger partial charge is 0.465 e. The van der Waals surface area contributed by atoms with Crippen molar-refractivity contribution in [1.82, 2.24) is 5.32 Å². The van der Waals surface area contributed by atoms with E-state index in [0.29, 0.717) is 21.4 Å². The molecule has 8 heteroatoms. The summed E-state index contributed by atoms with van der Waals surface area (Å²) in [7, 11) is 1.33. The van der Waals surface area contributed by atoms with Crippen LogP contribution in [0.3, 0.4) is 0 Å². The highest BCUT2D eigenvalue weighted by molar-refractivity contribution is 7.98. The summed E-state index contributed by atoms with van der Waals surface area (Å²) in [5.41, 5.74) is 2.11. The normalized spacial score (nSPS) is 10.3. The summed E-state index contributed by atoms with van der Waals surface area (Å²) in [5, 5.41) is 7.88. The SMILES string of the molecule is COC(=O)c1ccc(Cl)c(NC(=S)NCCCSCc2ccccc2Cl)c1.